The number of phenolic OH excluding ortho intramolecular Hbond substituents is 1. The first kappa shape index (κ1) is 21.4. The van der Waals surface area contributed by atoms with E-state index >= 15 is 0 Å². The van der Waals surface area contributed by atoms with E-state index in [0.717, 1.165) is 31.5 Å². The minimum Gasteiger partial charge on any atom is -0.508 e. The van der Waals surface area contributed by atoms with Gasteiger partial charge in [0.2, 0.25) is 0 Å². The lowest BCUT2D eigenvalue weighted by atomic mass is 9.97. The average Bonchev–Trinajstić information content (AvgIpc) is 2.75. The van der Waals surface area contributed by atoms with Crippen LogP contribution in [0.15, 0.2) is 36.7 Å². The Morgan fingerprint density at radius 2 is 2.17 bits per heavy atom. The molecule has 0 atom stereocenters. The van der Waals surface area contributed by atoms with Gasteiger partial charge < -0.3 is 25.8 Å². The summed E-state index contributed by atoms with van der Waals surface area (Å²) in [5.74, 6) is 0.742. The van der Waals surface area contributed by atoms with Gasteiger partial charge in [-0.3, -0.25) is 15.2 Å². The number of rotatable bonds is 7. The number of nitrogens with zero attached hydrogens (tertiary/aromatic N) is 2. The topological polar surface area (TPSA) is 125 Å². The zero-order chi connectivity index (χ0) is 21.5. The molecule has 5 N–H and O–H groups in total. The van der Waals surface area contributed by atoms with E-state index in [0.29, 0.717) is 42.4 Å². The second-order valence-corrected chi connectivity index (χ2v) is 7.60. The zero-order valence-corrected chi connectivity index (χ0v) is 17.2. The Morgan fingerprint density at radius 3 is 2.83 bits per heavy atom. The molecule has 2 aromatic rings. The molecule has 1 saturated heterocycles. The van der Waals surface area contributed by atoms with E-state index in [1.165, 1.54) is 6.07 Å². The van der Waals surface area contributed by atoms with Gasteiger partial charge in [0, 0.05) is 49.6 Å². The summed E-state index contributed by atoms with van der Waals surface area (Å²) < 4.78 is 5.84. The number of nitrogens with two attached hydrogens (primary N) is 1. The van der Waals surface area contributed by atoms with Gasteiger partial charge >= 0.3 is 0 Å². The van der Waals surface area contributed by atoms with Crippen molar-refractivity contribution < 1.29 is 14.6 Å². The van der Waals surface area contributed by atoms with Crippen LogP contribution in [0.2, 0.25) is 0 Å². The van der Waals surface area contributed by atoms with Crippen LogP contribution < -0.4 is 15.8 Å². The number of piperidine rings is 1. The molecule has 0 bridgehead atoms. The zero-order valence-electron chi connectivity index (χ0n) is 17.2. The molecule has 1 amide bonds. The second kappa shape index (κ2) is 9.96. The van der Waals surface area contributed by atoms with E-state index in [1.54, 1.807) is 25.4 Å². The molecule has 1 aliphatic rings. The highest BCUT2D eigenvalue weighted by molar-refractivity contribution is 5.95. The standard InChI is InChI=1S/C22H29N5O3/c1-15-19(28)11-18(12-20(15)30-10-6-16-3-2-7-25-13-16)21(29)26-14-17-4-8-27(9-5-17)22(23)24/h2-3,7,11-13,17,28H,4-6,8-10,14H2,1H3,(H3,23,24)(H,26,29). The summed E-state index contributed by atoms with van der Waals surface area (Å²) in [5.41, 5.74) is 7.56. The number of pyridine rings is 1. The largest absolute Gasteiger partial charge is 0.508 e. The van der Waals surface area contributed by atoms with Crippen molar-refractivity contribution in [2.24, 2.45) is 11.7 Å². The number of aromatic hydroxyl groups is 1. The molecule has 1 aliphatic heterocycles. The Labute approximate surface area is 176 Å². The lowest BCUT2D eigenvalue weighted by Gasteiger charge is -2.32. The van der Waals surface area contributed by atoms with Crippen LogP contribution in [0.1, 0.15) is 34.3 Å². The predicted octanol–water partition coefficient (Wildman–Crippen LogP) is 2.05. The number of guanidine groups is 1. The van der Waals surface area contributed by atoms with Crippen molar-refractivity contribution in [3.05, 3.63) is 53.3 Å². The Hall–Kier alpha value is -3.29. The molecule has 2 heterocycles. The molecule has 0 aliphatic carbocycles. The fourth-order valence-electron chi connectivity index (χ4n) is 3.50. The van der Waals surface area contributed by atoms with E-state index in [4.69, 9.17) is 15.9 Å². The molecule has 0 spiro atoms. The van der Waals surface area contributed by atoms with Crippen molar-refractivity contribution >= 4 is 11.9 Å². The Kier molecular flexibility index (Phi) is 7.11. The molecule has 3 rings (SSSR count). The van der Waals surface area contributed by atoms with E-state index in [1.807, 2.05) is 17.0 Å². The van der Waals surface area contributed by atoms with Crippen molar-refractivity contribution in [2.45, 2.75) is 26.2 Å². The summed E-state index contributed by atoms with van der Waals surface area (Å²) in [4.78, 5) is 18.5. The quantitative estimate of drug-likeness (QED) is 0.408. The first-order valence-corrected chi connectivity index (χ1v) is 10.2. The van der Waals surface area contributed by atoms with Gasteiger partial charge in [0.1, 0.15) is 11.5 Å². The third-order valence-electron chi connectivity index (χ3n) is 5.47. The summed E-state index contributed by atoms with van der Waals surface area (Å²) >= 11 is 0. The molecular formula is C22H29N5O3. The number of hydrogen-bond acceptors (Lipinski definition) is 5. The number of amides is 1. The SMILES string of the molecule is Cc1c(O)cc(C(=O)NCC2CCN(C(=N)N)CC2)cc1OCCc1cccnc1. The highest BCUT2D eigenvalue weighted by atomic mass is 16.5. The maximum absolute atomic E-state index is 12.6. The van der Waals surface area contributed by atoms with Gasteiger partial charge in [-0.15, -0.1) is 0 Å². The molecule has 8 heteroatoms. The fourth-order valence-corrected chi connectivity index (χ4v) is 3.50. The second-order valence-electron chi connectivity index (χ2n) is 7.60. The summed E-state index contributed by atoms with van der Waals surface area (Å²) in [7, 11) is 0. The number of aromatic nitrogens is 1. The van der Waals surface area contributed by atoms with Crippen molar-refractivity contribution in [3.8, 4) is 11.5 Å². The number of phenols is 1. The number of nitrogens with one attached hydrogen (secondary N) is 2. The molecule has 0 unspecified atom stereocenters. The number of likely N-dealkylation sites (tertiary alicyclic amines) is 1. The summed E-state index contributed by atoms with van der Waals surface area (Å²) in [6.45, 7) is 4.20. The van der Waals surface area contributed by atoms with Crippen molar-refractivity contribution in [2.75, 3.05) is 26.2 Å². The monoisotopic (exact) mass is 411 g/mol. The Bertz CT molecular complexity index is 880. The lowest BCUT2D eigenvalue weighted by molar-refractivity contribution is 0.0940. The van der Waals surface area contributed by atoms with Crippen LogP contribution in [0.4, 0.5) is 0 Å². The van der Waals surface area contributed by atoms with E-state index < -0.39 is 0 Å². The minimum atomic E-state index is -0.239. The van der Waals surface area contributed by atoms with E-state index in [9.17, 15) is 9.90 Å². The van der Waals surface area contributed by atoms with Gasteiger partial charge in [0.15, 0.2) is 5.96 Å². The molecular weight excluding hydrogens is 382 g/mol. The highest BCUT2D eigenvalue weighted by Crippen LogP contribution is 2.29. The van der Waals surface area contributed by atoms with Gasteiger partial charge in [-0.1, -0.05) is 6.07 Å². The third-order valence-corrected chi connectivity index (χ3v) is 5.47. The van der Waals surface area contributed by atoms with Crippen molar-refractivity contribution in [1.29, 1.82) is 5.41 Å². The summed E-state index contributed by atoms with van der Waals surface area (Å²) in [5, 5.41) is 20.7. The Morgan fingerprint density at radius 1 is 1.40 bits per heavy atom. The lowest BCUT2D eigenvalue weighted by Crippen LogP contribution is -2.44. The molecule has 0 saturated carbocycles. The van der Waals surface area contributed by atoms with E-state index in [-0.39, 0.29) is 17.6 Å². The number of hydrogen-bond donors (Lipinski definition) is 4. The van der Waals surface area contributed by atoms with Crippen LogP contribution >= 0.6 is 0 Å². The van der Waals surface area contributed by atoms with Crippen LogP contribution in [0.25, 0.3) is 0 Å². The molecule has 1 aromatic heterocycles. The van der Waals surface area contributed by atoms with E-state index in [2.05, 4.69) is 10.3 Å². The van der Waals surface area contributed by atoms with Crippen LogP contribution in [0.3, 0.4) is 0 Å². The van der Waals surface area contributed by atoms with Crippen LogP contribution in [-0.4, -0.2) is 53.1 Å². The average molecular weight is 412 g/mol. The molecule has 30 heavy (non-hydrogen) atoms. The van der Waals surface area contributed by atoms with Gasteiger partial charge in [0.05, 0.1) is 6.61 Å². The van der Waals surface area contributed by atoms with Crippen LogP contribution in [-0.2, 0) is 6.42 Å². The first-order chi connectivity index (χ1) is 14.4. The molecule has 0 radical (unpaired) electrons. The summed E-state index contributed by atoms with van der Waals surface area (Å²) in [6, 6.07) is 7.00. The minimum absolute atomic E-state index is 0.0359. The van der Waals surface area contributed by atoms with Gasteiger partial charge in [-0.05, 0) is 49.4 Å². The van der Waals surface area contributed by atoms with Gasteiger partial charge in [0.25, 0.3) is 5.91 Å². The predicted molar refractivity (Wildman–Crippen MR) is 115 cm³/mol. The van der Waals surface area contributed by atoms with Gasteiger partial charge in [-0.2, -0.15) is 0 Å². The van der Waals surface area contributed by atoms with Crippen LogP contribution in [0.5, 0.6) is 11.5 Å². The van der Waals surface area contributed by atoms with Gasteiger partial charge in [-0.25, -0.2) is 0 Å². The molecule has 8 nitrogen and oxygen atoms in total. The Balaban J connectivity index is 1.54. The molecule has 1 fully saturated rings. The smallest absolute Gasteiger partial charge is 0.251 e. The summed E-state index contributed by atoms with van der Waals surface area (Å²) in [6.07, 6.45) is 5.95. The highest BCUT2D eigenvalue weighted by Gasteiger charge is 2.21. The molecule has 1 aromatic carbocycles. The maximum atomic E-state index is 12.6. The molecule has 160 valence electrons. The number of benzene rings is 1. The number of carbonyl (C=O) groups is 1. The number of carbonyl (C=O) groups excluding carboxylic acids is 1. The van der Waals surface area contributed by atoms with Crippen LogP contribution in [0, 0.1) is 18.3 Å². The normalized spacial score (nSPS) is 14.4. The third kappa shape index (κ3) is 5.62. The van der Waals surface area contributed by atoms with Crippen molar-refractivity contribution in [3.63, 3.8) is 0 Å². The maximum Gasteiger partial charge on any atom is 0.251 e. The number of ether oxygens (including phenoxy) is 1. The van der Waals surface area contributed by atoms with Crippen molar-refractivity contribution in [1.82, 2.24) is 15.2 Å². The fraction of sp³-hybridized carbons (Fsp3) is 0.409. The first-order valence-electron chi connectivity index (χ1n) is 10.2.